The van der Waals surface area contributed by atoms with Crippen molar-refractivity contribution in [2.24, 2.45) is 0 Å². The molecule has 1 aliphatic rings. The summed E-state index contributed by atoms with van der Waals surface area (Å²) in [6.45, 7) is 1.74. The molecule has 0 aliphatic carbocycles. The molecule has 0 bridgehead atoms. The van der Waals surface area contributed by atoms with Crippen LogP contribution in [0.3, 0.4) is 0 Å². The zero-order valence-electron chi connectivity index (χ0n) is 14.4. The molecule has 0 amide bonds. The van der Waals surface area contributed by atoms with Crippen molar-refractivity contribution in [3.63, 3.8) is 0 Å². The molecular formula is C17H23FN4O2S. The lowest BCUT2D eigenvalue weighted by molar-refractivity contribution is 0.403. The van der Waals surface area contributed by atoms with Gasteiger partial charge in [0.05, 0.1) is 6.26 Å². The quantitative estimate of drug-likeness (QED) is 0.819. The molecule has 0 spiro atoms. The Hall–Kier alpha value is -1.80. The molecule has 1 aromatic carbocycles. The van der Waals surface area contributed by atoms with E-state index in [1.807, 2.05) is 4.57 Å². The van der Waals surface area contributed by atoms with Crippen LogP contribution in [0.25, 0.3) is 11.4 Å². The highest BCUT2D eigenvalue weighted by atomic mass is 32.2. The van der Waals surface area contributed by atoms with Crippen LogP contribution in [0.15, 0.2) is 24.3 Å². The van der Waals surface area contributed by atoms with E-state index in [1.54, 1.807) is 12.1 Å². The summed E-state index contributed by atoms with van der Waals surface area (Å²) < 4.78 is 40.7. The summed E-state index contributed by atoms with van der Waals surface area (Å²) in [6, 6.07) is 6.21. The highest BCUT2D eigenvalue weighted by molar-refractivity contribution is 7.88. The number of hydrogen-bond donors (Lipinski definition) is 0. The largest absolute Gasteiger partial charge is 0.311 e. The van der Waals surface area contributed by atoms with Gasteiger partial charge in [-0.1, -0.05) is 12.8 Å². The van der Waals surface area contributed by atoms with Gasteiger partial charge in [0.15, 0.2) is 5.82 Å². The number of sulfonamides is 1. The Morgan fingerprint density at radius 1 is 0.960 bits per heavy atom. The van der Waals surface area contributed by atoms with Crippen molar-refractivity contribution < 1.29 is 12.8 Å². The van der Waals surface area contributed by atoms with E-state index in [4.69, 9.17) is 0 Å². The second-order valence-corrected chi connectivity index (χ2v) is 8.41. The molecule has 0 saturated carbocycles. The fraction of sp³-hybridized carbons (Fsp3) is 0.529. The third-order valence-corrected chi connectivity index (χ3v) is 5.83. The van der Waals surface area contributed by atoms with Crippen LogP contribution in [0.1, 0.15) is 31.5 Å². The van der Waals surface area contributed by atoms with Gasteiger partial charge in [0.2, 0.25) is 10.0 Å². The summed E-state index contributed by atoms with van der Waals surface area (Å²) in [4.78, 5) is 0. The van der Waals surface area contributed by atoms with Crippen LogP contribution in [0, 0.1) is 5.82 Å². The van der Waals surface area contributed by atoms with E-state index < -0.39 is 10.0 Å². The maximum absolute atomic E-state index is 13.2. The third kappa shape index (κ3) is 4.43. The second kappa shape index (κ2) is 7.61. The number of hydrogen-bond acceptors (Lipinski definition) is 4. The number of fused-ring (bicyclic) bond motifs is 1. The van der Waals surface area contributed by atoms with Gasteiger partial charge in [0.25, 0.3) is 0 Å². The Morgan fingerprint density at radius 2 is 1.64 bits per heavy atom. The lowest BCUT2D eigenvalue weighted by Crippen LogP contribution is -2.33. The van der Waals surface area contributed by atoms with Crippen LogP contribution >= 0.6 is 0 Å². The zero-order valence-corrected chi connectivity index (χ0v) is 15.2. The Labute approximate surface area is 147 Å². The Morgan fingerprint density at radius 3 is 2.32 bits per heavy atom. The molecule has 2 heterocycles. The monoisotopic (exact) mass is 366 g/mol. The second-order valence-electron chi connectivity index (χ2n) is 6.42. The van der Waals surface area contributed by atoms with Gasteiger partial charge in [-0.05, 0) is 37.1 Å². The molecule has 0 saturated heterocycles. The molecule has 0 atom stereocenters. The molecule has 0 radical (unpaired) electrons. The average molecular weight is 366 g/mol. The van der Waals surface area contributed by atoms with Crippen molar-refractivity contribution in [2.45, 2.75) is 38.6 Å². The number of rotatable bonds is 2. The van der Waals surface area contributed by atoms with Crippen LogP contribution in [0.2, 0.25) is 0 Å². The average Bonchev–Trinajstić information content (AvgIpc) is 2.93. The lowest BCUT2D eigenvalue weighted by Gasteiger charge is -2.19. The van der Waals surface area contributed by atoms with E-state index in [1.165, 1.54) is 22.7 Å². The Balaban J connectivity index is 1.90. The van der Waals surface area contributed by atoms with E-state index >= 15 is 0 Å². The smallest absolute Gasteiger partial charge is 0.211 e. The predicted molar refractivity (Wildman–Crippen MR) is 94.0 cm³/mol. The Bertz CT molecular complexity index is 818. The summed E-state index contributed by atoms with van der Waals surface area (Å²) in [5.41, 5.74) is 0.815. The summed E-state index contributed by atoms with van der Waals surface area (Å²) in [5.74, 6) is 1.19. The number of benzene rings is 1. The molecule has 8 heteroatoms. The molecule has 2 aromatic rings. The molecule has 3 rings (SSSR count). The maximum Gasteiger partial charge on any atom is 0.211 e. The normalized spacial score (nSPS) is 17.7. The SMILES string of the molecule is CS(=O)(=O)N1CCCCCCn2c(nnc2-c2ccc(F)cc2)CC1. The van der Waals surface area contributed by atoms with Gasteiger partial charge in [0, 0.05) is 31.6 Å². The third-order valence-electron chi connectivity index (χ3n) is 4.52. The van der Waals surface area contributed by atoms with E-state index in [-0.39, 0.29) is 5.82 Å². The van der Waals surface area contributed by atoms with E-state index in [0.29, 0.717) is 25.3 Å². The van der Waals surface area contributed by atoms with Crippen molar-refractivity contribution in [1.82, 2.24) is 19.1 Å². The van der Waals surface area contributed by atoms with Gasteiger partial charge in [0.1, 0.15) is 11.6 Å². The zero-order chi connectivity index (χ0) is 17.9. The first kappa shape index (κ1) is 18.0. The van der Waals surface area contributed by atoms with Crippen molar-refractivity contribution in [1.29, 1.82) is 0 Å². The molecule has 0 unspecified atom stereocenters. The van der Waals surface area contributed by atoms with Crippen molar-refractivity contribution in [3.05, 3.63) is 35.9 Å². The van der Waals surface area contributed by atoms with Crippen LogP contribution < -0.4 is 0 Å². The summed E-state index contributed by atoms with van der Waals surface area (Å²) in [6.07, 6.45) is 5.65. The minimum absolute atomic E-state index is 0.287. The van der Waals surface area contributed by atoms with Crippen LogP contribution in [-0.2, 0) is 23.0 Å². The van der Waals surface area contributed by atoms with Crippen molar-refractivity contribution >= 4 is 10.0 Å². The maximum atomic E-state index is 13.2. The molecule has 6 nitrogen and oxygen atoms in total. The molecular weight excluding hydrogens is 343 g/mol. The molecule has 1 aliphatic heterocycles. The minimum atomic E-state index is -3.22. The fourth-order valence-corrected chi connectivity index (χ4v) is 4.03. The minimum Gasteiger partial charge on any atom is -0.311 e. The Kier molecular flexibility index (Phi) is 5.48. The number of halogens is 1. The predicted octanol–water partition coefficient (Wildman–Crippen LogP) is 2.46. The number of nitrogens with zero attached hydrogens (tertiary/aromatic N) is 4. The van der Waals surface area contributed by atoms with E-state index in [9.17, 15) is 12.8 Å². The first-order valence-electron chi connectivity index (χ1n) is 8.58. The van der Waals surface area contributed by atoms with Crippen molar-refractivity contribution in [2.75, 3.05) is 19.3 Å². The highest BCUT2D eigenvalue weighted by Gasteiger charge is 2.20. The van der Waals surface area contributed by atoms with Gasteiger partial charge in [-0.15, -0.1) is 10.2 Å². The van der Waals surface area contributed by atoms with Gasteiger partial charge < -0.3 is 4.57 Å². The van der Waals surface area contributed by atoms with Crippen LogP contribution in [0.5, 0.6) is 0 Å². The first-order chi connectivity index (χ1) is 11.9. The van der Waals surface area contributed by atoms with Gasteiger partial charge in [-0.3, -0.25) is 0 Å². The first-order valence-corrected chi connectivity index (χ1v) is 10.4. The fourth-order valence-electron chi connectivity index (χ4n) is 3.15. The summed E-state index contributed by atoms with van der Waals surface area (Å²) in [5, 5.41) is 8.55. The molecule has 25 heavy (non-hydrogen) atoms. The van der Waals surface area contributed by atoms with Gasteiger partial charge >= 0.3 is 0 Å². The van der Waals surface area contributed by atoms with E-state index in [2.05, 4.69) is 10.2 Å². The standard InChI is InChI=1S/C17H23FN4O2S/c1-25(23,24)21-11-4-2-3-5-12-22-16(10-13-21)19-20-17(22)14-6-8-15(18)9-7-14/h6-9H,2-5,10-13H2,1H3. The molecule has 1 aromatic heterocycles. The van der Waals surface area contributed by atoms with Crippen molar-refractivity contribution in [3.8, 4) is 11.4 Å². The molecule has 0 fully saturated rings. The van der Waals surface area contributed by atoms with Crippen LogP contribution in [0.4, 0.5) is 4.39 Å². The number of aromatic nitrogens is 3. The van der Waals surface area contributed by atoms with Gasteiger partial charge in [-0.2, -0.15) is 0 Å². The summed E-state index contributed by atoms with van der Waals surface area (Å²) in [7, 11) is -3.22. The van der Waals surface area contributed by atoms with Crippen LogP contribution in [-0.4, -0.2) is 46.8 Å². The van der Waals surface area contributed by atoms with E-state index in [0.717, 1.165) is 43.6 Å². The highest BCUT2D eigenvalue weighted by Crippen LogP contribution is 2.21. The topological polar surface area (TPSA) is 68.1 Å². The summed E-state index contributed by atoms with van der Waals surface area (Å²) >= 11 is 0. The van der Waals surface area contributed by atoms with Gasteiger partial charge in [-0.25, -0.2) is 17.1 Å². The molecule has 0 N–H and O–H groups in total. The molecule has 136 valence electrons. The lowest BCUT2D eigenvalue weighted by atomic mass is 10.2.